The molecule has 6 aromatic rings. The standard InChI is InChI=1S/C56H62F7N11O6/c1-28(2)47(68-54(77)78)52(75)72-16-6-8-45(72)50-64-39-24-33(35(57)26-41(39)66-50)43-14-15-44(34-25-40-42(27-36(34)58)67-51(65-40)46-9-7-17-73(46)53(76)48(29(3)4)69-55(79)80-5)74(43)32-22-37(59)49(38(60)23-32)71-20-18-70(19-21-71)31-12-10-30(11-13-31)56(61,62)63/h10-13,22-29,43-48,68H,6-9,14-21H2,1-5H3,(H,64,66)(H,65,67)(H,69,79)(H,77,78)/t43-,44-,45+,46+,47+,48+/m1/s1. The zero-order chi connectivity index (χ0) is 57.1. The smallest absolute Gasteiger partial charge is 0.416 e. The number of aromatic nitrogens is 4. The van der Waals surface area contributed by atoms with E-state index in [0.29, 0.717) is 67.1 Å². The van der Waals surface area contributed by atoms with Gasteiger partial charge in [0.25, 0.3) is 0 Å². The van der Waals surface area contributed by atoms with E-state index >= 15 is 17.6 Å². The summed E-state index contributed by atoms with van der Waals surface area (Å²) in [5.74, 6) is -3.94. The highest BCUT2D eigenvalue weighted by atomic mass is 19.4. The minimum atomic E-state index is -4.51. The van der Waals surface area contributed by atoms with E-state index in [-0.39, 0.29) is 90.3 Å². The first-order chi connectivity index (χ1) is 38.1. The van der Waals surface area contributed by atoms with E-state index in [9.17, 15) is 37.5 Å². The topological polar surface area (TPSA) is 195 Å². The van der Waals surface area contributed by atoms with Crippen molar-refractivity contribution in [2.24, 2.45) is 11.8 Å². The molecule has 426 valence electrons. The number of alkyl halides is 3. The number of carboxylic acid groups (broad SMARTS) is 1. The van der Waals surface area contributed by atoms with Gasteiger partial charge in [0.1, 0.15) is 41.1 Å². The number of hydrogen-bond donors (Lipinski definition) is 5. The summed E-state index contributed by atoms with van der Waals surface area (Å²) in [6.45, 7) is 8.50. The lowest BCUT2D eigenvalue weighted by atomic mass is 10.0. The Kier molecular flexibility index (Phi) is 15.3. The van der Waals surface area contributed by atoms with Crippen molar-refractivity contribution in [2.75, 3.05) is 61.1 Å². The van der Waals surface area contributed by atoms with E-state index in [1.165, 1.54) is 36.3 Å². The molecule has 0 bridgehead atoms. The number of piperazine rings is 1. The number of nitrogens with zero attached hydrogens (tertiary/aromatic N) is 7. The van der Waals surface area contributed by atoms with Gasteiger partial charge in [-0.3, -0.25) is 9.59 Å². The summed E-state index contributed by atoms with van der Waals surface area (Å²) >= 11 is 0. The molecule has 4 amide bonds. The molecular formula is C56H62F7N11O6. The number of halogens is 7. The maximum Gasteiger partial charge on any atom is 0.416 e. The second kappa shape index (κ2) is 22.0. The zero-order valence-electron chi connectivity index (χ0n) is 44.6. The Labute approximate surface area is 455 Å². The molecule has 4 aromatic carbocycles. The van der Waals surface area contributed by atoms with E-state index in [4.69, 9.17) is 14.7 Å². The van der Waals surface area contributed by atoms with Gasteiger partial charge in [0.05, 0.1) is 58.9 Å². The molecule has 0 radical (unpaired) electrons. The number of aromatic amines is 2. The number of ether oxygens (including phenoxy) is 1. The molecule has 4 saturated heterocycles. The van der Waals surface area contributed by atoms with Crippen molar-refractivity contribution >= 4 is 63.1 Å². The Morgan fingerprint density at radius 2 is 1.07 bits per heavy atom. The molecule has 0 saturated carbocycles. The number of likely N-dealkylation sites (tertiary alicyclic amines) is 2. The lowest BCUT2D eigenvalue weighted by Gasteiger charge is -2.38. The maximum absolute atomic E-state index is 17.0. The quantitative estimate of drug-likeness (QED) is 0.0691. The first-order valence-corrected chi connectivity index (χ1v) is 26.9. The number of nitrogens with one attached hydrogen (secondary N) is 4. The number of fused-ring (bicyclic) bond motifs is 2. The fraction of sp³-hybridized carbons (Fsp3) is 0.464. The van der Waals surface area contributed by atoms with Crippen molar-refractivity contribution in [3.8, 4) is 0 Å². The normalized spacial score (nSPS) is 20.6. The van der Waals surface area contributed by atoms with Crippen LogP contribution in [0.3, 0.4) is 0 Å². The number of alkyl carbamates (subject to hydrolysis) is 1. The van der Waals surface area contributed by atoms with Gasteiger partial charge in [-0.15, -0.1) is 0 Å². The summed E-state index contributed by atoms with van der Waals surface area (Å²) < 4.78 is 112. The molecule has 6 heterocycles. The van der Waals surface area contributed by atoms with Crippen LogP contribution in [0, 0.1) is 35.1 Å². The molecule has 4 fully saturated rings. The molecule has 17 nitrogen and oxygen atoms in total. The average molecular weight is 1120 g/mol. The Morgan fingerprint density at radius 1 is 0.613 bits per heavy atom. The highest BCUT2D eigenvalue weighted by Crippen LogP contribution is 2.50. The third-order valence-electron chi connectivity index (χ3n) is 16.1. The molecule has 2 aromatic heterocycles. The second-order valence-electron chi connectivity index (χ2n) is 21.7. The van der Waals surface area contributed by atoms with E-state index < -0.39 is 89.4 Å². The molecule has 5 N–H and O–H groups in total. The highest BCUT2D eigenvalue weighted by molar-refractivity contribution is 5.87. The molecule has 24 heteroatoms. The zero-order valence-corrected chi connectivity index (χ0v) is 44.6. The van der Waals surface area contributed by atoms with Gasteiger partial charge in [0.15, 0.2) is 11.6 Å². The van der Waals surface area contributed by atoms with Crippen LogP contribution < -0.4 is 25.3 Å². The van der Waals surface area contributed by atoms with Gasteiger partial charge in [-0.1, -0.05) is 27.7 Å². The Bertz CT molecular complexity index is 3300. The first-order valence-electron chi connectivity index (χ1n) is 26.9. The predicted molar refractivity (Wildman–Crippen MR) is 283 cm³/mol. The summed E-state index contributed by atoms with van der Waals surface area (Å²) in [5.41, 5.74) is 0.904. The number of rotatable bonds is 13. The van der Waals surface area contributed by atoms with Gasteiger partial charge in [-0.25, -0.2) is 37.1 Å². The van der Waals surface area contributed by atoms with Gasteiger partial charge < -0.3 is 54.9 Å². The largest absolute Gasteiger partial charge is 0.465 e. The molecule has 0 spiro atoms. The number of benzene rings is 4. The fourth-order valence-electron chi connectivity index (χ4n) is 12.1. The lowest BCUT2D eigenvalue weighted by molar-refractivity contribution is -0.138. The van der Waals surface area contributed by atoms with Crippen molar-refractivity contribution in [3.05, 3.63) is 112 Å². The van der Waals surface area contributed by atoms with Crippen LogP contribution in [0.5, 0.6) is 0 Å². The Morgan fingerprint density at radius 3 is 1.51 bits per heavy atom. The van der Waals surface area contributed by atoms with Crippen LogP contribution in [0.15, 0.2) is 60.7 Å². The Hall–Kier alpha value is -7.79. The van der Waals surface area contributed by atoms with Crippen molar-refractivity contribution in [1.82, 2.24) is 40.4 Å². The van der Waals surface area contributed by atoms with Crippen molar-refractivity contribution in [1.29, 1.82) is 0 Å². The molecular weight excluding hydrogens is 1060 g/mol. The van der Waals surface area contributed by atoms with Crippen molar-refractivity contribution in [3.63, 3.8) is 0 Å². The van der Waals surface area contributed by atoms with Gasteiger partial charge >= 0.3 is 18.4 Å². The minimum absolute atomic E-state index is 0.00981. The molecule has 6 atom stereocenters. The van der Waals surface area contributed by atoms with Crippen LogP contribution in [0.4, 0.5) is 57.4 Å². The van der Waals surface area contributed by atoms with Crippen molar-refractivity contribution < 1.29 is 59.8 Å². The predicted octanol–water partition coefficient (Wildman–Crippen LogP) is 10.4. The summed E-state index contributed by atoms with van der Waals surface area (Å²) in [6.07, 6.45) is -3.98. The summed E-state index contributed by atoms with van der Waals surface area (Å²) in [5, 5.41) is 14.4. The number of amides is 4. The number of H-pyrrole nitrogens is 2. The number of carbonyl (C=O) groups excluding carboxylic acids is 3. The van der Waals surface area contributed by atoms with Gasteiger partial charge in [0, 0.05) is 73.9 Å². The third-order valence-corrected chi connectivity index (χ3v) is 16.1. The van der Waals surface area contributed by atoms with Crippen LogP contribution in [0.25, 0.3) is 22.1 Å². The average Bonchev–Trinajstić information content (AvgIpc) is 4.44. The summed E-state index contributed by atoms with van der Waals surface area (Å²) in [4.78, 5) is 75.8. The number of hydrogen-bond acceptors (Lipinski definition) is 10. The van der Waals surface area contributed by atoms with Gasteiger partial charge in [-0.2, -0.15) is 13.2 Å². The number of carbonyl (C=O) groups is 4. The van der Waals surface area contributed by atoms with Crippen LogP contribution in [-0.4, -0.2) is 117 Å². The number of imidazole rings is 2. The Balaban J connectivity index is 0.987. The van der Waals surface area contributed by atoms with Crippen LogP contribution in [0.2, 0.25) is 0 Å². The minimum Gasteiger partial charge on any atom is -0.465 e. The molecule has 10 rings (SSSR count). The third kappa shape index (κ3) is 10.7. The van der Waals surface area contributed by atoms with E-state index in [0.717, 1.165) is 24.3 Å². The highest BCUT2D eigenvalue weighted by Gasteiger charge is 2.43. The summed E-state index contributed by atoms with van der Waals surface area (Å²) in [6, 6.07) is 7.66. The van der Waals surface area contributed by atoms with E-state index in [2.05, 4.69) is 20.6 Å². The maximum atomic E-state index is 17.0. The number of methoxy groups -OCH3 is 1. The van der Waals surface area contributed by atoms with Gasteiger partial charge in [-0.05, 0) is 98.9 Å². The molecule has 0 aliphatic carbocycles. The monoisotopic (exact) mass is 1120 g/mol. The molecule has 4 aliphatic rings. The van der Waals surface area contributed by atoms with E-state index in [1.54, 1.807) is 54.5 Å². The molecule has 80 heavy (non-hydrogen) atoms. The SMILES string of the molecule is COC(=O)N[C@H](C(=O)N1CCC[C@H]1c1nc2cc(F)c([C@H]3CC[C@H](c4cc5[nH]c([C@@H]6CCCN6C(=O)[C@@H](NC(=O)O)C(C)C)nc5cc4F)N3c3cc(F)c(N4CCN(c5ccc(C(F)(F)F)cc5)CC4)c(F)c3)cc2[nH]1)C(C)C. The fourth-order valence-corrected chi connectivity index (χ4v) is 12.1. The summed E-state index contributed by atoms with van der Waals surface area (Å²) in [7, 11) is 1.21. The lowest BCUT2D eigenvalue weighted by Crippen LogP contribution is -2.51. The second-order valence-corrected chi connectivity index (χ2v) is 21.7. The molecule has 0 unspecified atom stereocenters. The van der Waals surface area contributed by atoms with Crippen LogP contribution in [-0.2, 0) is 20.5 Å². The van der Waals surface area contributed by atoms with Crippen LogP contribution in [0.1, 0.15) is 119 Å². The van der Waals surface area contributed by atoms with Crippen LogP contribution >= 0.6 is 0 Å². The van der Waals surface area contributed by atoms with E-state index in [1.807, 2.05) is 4.90 Å². The van der Waals surface area contributed by atoms with Crippen molar-refractivity contribution in [2.45, 2.75) is 109 Å². The number of anilines is 3. The molecule has 4 aliphatic heterocycles. The first kappa shape index (κ1) is 55.5. The van der Waals surface area contributed by atoms with Gasteiger partial charge in [0.2, 0.25) is 11.8 Å².